The SMILES string of the molecule is O=C(Cn1c2c(sc1=O)C(c1ccco1)C1C(=O)N(c3ccccc3)C(=O)C1S2)Nc1ccc(O)cc1. The molecule has 0 aliphatic carbocycles. The van der Waals surface area contributed by atoms with Crippen molar-refractivity contribution >= 4 is 52.2 Å². The molecule has 0 spiro atoms. The Morgan fingerprint density at radius 3 is 2.43 bits per heavy atom. The number of rotatable bonds is 5. The van der Waals surface area contributed by atoms with Crippen molar-refractivity contribution in [2.75, 3.05) is 10.2 Å². The molecule has 0 radical (unpaired) electrons. The van der Waals surface area contributed by atoms with Crippen molar-refractivity contribution in [3.8, 4) is 5.75 Å². The Balaban J connectivity index is 1.38. The Morgan fingerprint density at radius 2 is 1.73 bits per heavy atom. The predicted molar refractivity (Wildman–Crippen MR) is 138 cm³/mol. The number of carbonyl (C=O) groups is 3. The van der Waals surface area contributed by atoms with Crippen molar-refractivity contribution in [1.29, 1.82) is 0 Å². The first-order chi connectivity index (χ1) is 17.9. The van der Waals surface area contributed by atoms with Crippen LogP contribution in [0.3, 0.4) is 0 Å². The first kappa shape index (κ1) is 23.3. The molecular weight excluding hydrogens is 514 g/mol. The molecule has 4 heterocycles. The number of fused-ring (bicyclic) bond motifs is 2. The summed E-state index contributed by atoms with van der Waals surface area (Å²) in [5.74, 6) is -2.00. The van der Waals surface area contributed by atoms with Gasteiger partial charge in [-0.15, -0.1) is 0 Å². The summed E-state index contributed by atoms with van der Waals surface area (Å²) in [4.78, 5) is 54.5. The maximum atomic E-state index is 13.7. The lowest BCUT2D eigenvalue weighted by molar-refractivity contribution is -0.122. The molecule has 37 heavy (non-hydrogen) atoms. The Bertz CT molecular complexity index is 1560. The molecule has 11 heteroatoms. The molecule has 2 aromatic carbocycles. The summed E-state index contributed by atoms with van der Waals surface area (Å²) in [6.07, 6.45) is 1.49. The number of phenols is 1. The van der Waals surface area contributed by atoms with Gasteiger partial charge in [0.15, 0.2) is 0 Å². The first-order valence-corrected chi connectivity index (χ1v) is 13.1. The highest BCUT2D eigenvalue weighted by Gasteiger charge is 2.57. The van der Waals surface area contributed by atoms with Gasteiger partial charge in [-0.1, -0.05) is 41.3 Å². The average Bonchev–Trinajstić information content (AvgIpc) is 3.59. The van der Waals surface area contributed by atoms with Gasteiger partial charge >= 0.3 is 4.87 Å². The van der Waals surface area contributed by atoms with E-state index in [1.165, 1.54) is 27.9 Å². The third-order valence-electron chi connectivity index (χ3n) is 6.37. The van der Waals surface area contributed by atoms with Crippen LogP contribution < -0.4 is 15.1 Å². The fourth-order valence-corrected chi connectivity index (χ4v) is 7.50. The van der Waals surface area contributed by atoms with Gasteiger partial charge in [0.1, 0.15) is 23.3 Å². The summed E-state index contributed by atoms with van der Waals surface area (Å²) in [6, 6.07) is 18.2. The second kappa shape index (κ2) is 9.09. The molecule has 1 saturated heterocycles. The molecule has 2 aliphatic rings. The third kappa shape index (κ3) is 3.96. The maximum Gasteiger partial charge on any atom is 0.308 e. The van der Waals surface area contributed by atoms with Crippen LogP contribution in [0.5, 0.6) is 5.75 Å². The van der Waals surface area contributed by atoms with E-state index in [4.69, 9.17) is 4.42 Å². The highest BCUT2D eigenvalue weighted by Crippen LogP contribution is 2.53. The molecule has 0 bridgehead atoms. The highest BCUT2D eigenvalue weighted by molar-refractivity contribution is 8.00. The molecule has 3 unspecified atom stereocenters. The van der Waals surface area contributed by atoms with E-state index in [-0.39, 0.29) is 29.0 Å². The quantitative estimate of drug-likeness (QED) is 0.297. The summed E-state index contributed by atoms with van der Waals surface area (Å²) in [7, 11) is 0. The second-order valence-corrected chi connectivity index (χ2v) is 10.7. The number of thiazole rings is 1. The molecule has 9 nitrogen and oxygen atoms in total. The van der Waals surface area contributed by atoms with Crippen LogP contribution in [0.1, 0.15) is 16.6 Å². The largest absolute Gasteiger partial charge is 0.508 e. The van der Waals surface area contributed by atoms with Gasteiger partial charge in [0.2, 0.25) is 17.7 Å². The second-order valence-electron chi connectivity index (χ2n) is 8.62. The van der Waals surface area contributed by atoms with Crippen LogP contribution in [-0.2, 0) is 20.9 Å². The van der Waals surface area contributed by atoms with Gasteiger partial charge in [-0.05, 0) is 48.5 Å². The van der Waals surface area contributed by atoms with Gasteiger partial charge in [0.25, 0.3) is 0 Å². The zero-order valence-electron chi connectivity index (χ0n) is 19.1. The molecule has 186 valence electrons. The van der Waals surface area contributed by atoms with Gasteiger partial charge < -0.3 is 14.8 Å². The number of aromatic nitrogens is 1. The van der Waals surface area contributed by atoms with Crippen molar-refractivity contribution in [1.82, 2.24) is 4.57 Å². The fraction of sp³-hybridized carbons (Fsp3) is 0.154. The van der Waals surface area contributed by atoms with E-state index >= 15 is 0 Å². The minimum Gasteiger partial charge on any atom is -0.508 e. The van der Waals surface area contributed by atoms with Crippen LogP contribution in [0.15, 0.2) is 87.2 Å². The van der Waals surface area contributed by atoms with Gasteiger partial charge in [0.05, 0.1) is 33.7 Å². The average molecular weight is 534 g/mol. The Kier molecular flexibility index (Phi) is 5.73. The highest BCUT2D eigenvalue weighted by atomic mass is 32.2. The minimum atomic E-state index is -0.782. The number of aromatic hydroxyl groups is 1. The van der Waals surface area contributed by atoms with Gasteiger partial charge in [-0.2, -0.15) is 0 Å². The lowest BCUT2D eigenvalue weighted by Gasteiger charge is -2.29. The summed E-state index contributed by atoms with van der Waals surface area (Å²) in [5, 5.41) is 11.9. The normalized spacial score (nSPS) is 20.5. The number of thioether (sulfide) groups is 1. The van der Waals surface area contributed by atoms with Gasteiger partial charge in [-0.25, -0.2) is 4.90 Å². The third-order valence-corrected chi connectivity index (χ3v) is 8.97. The fourth-order valence-electron chi connectivity index (χ4n) is 4.75. The van der Waals surface area contributed by atoms with Crippen molar-refractivity contribution < 1.29 is 23.9 Å². The smallest absolute Gasteiger partial charge is 0.308 e. The zero-order valence-corrected chi connectivity index (χ0v) is 20.7. The number of benzene rings is 2. The minimum absolute atomic E-state index is 0.0661. The summed E-state index contributed by atoms with van der Waals surface area (Å²) in [5.41, 5.74) is 0.955. The van der Waals surface area contributed by atoms with Crippen molar-refractivity contribution in [3.05, 3.63) is 93.3 Å². The van der Waals surface area contributed by atoms with Crippen molar-refractivity contribution in [2.45, 2.75) is 22.7 Å². The van der Waals surface area contributed by atoms with Crippen LogP contribution in [0.25, 0.3) is 0 Å². The monoisotopic (exact) mass is 533 g/mol. The Morgan fingerprint density at radius 1 is 0.973 bits per heavy atom. The zero-order chi connectivity index (χ0) is 25.7. The number of nitrogens with one attached hydrogen (secondary N) is 1. The number of amides is 3. The summed E-state index contributed by atoms with van der Waals surface area (Å²) >= 11 is 2.10. The molecule has 4 aromatic rings. The summed E-state index contributed by atoms with van der Waals surface area (Å²) < 4.78 is 7.03. The molecule has 2 aromatic heterocycles. The topological polar surface area (TPSA) is 122 Å². The molecule has 2 N–H and O–H groups in total. The van der Waals surface area contributed by atoms with Crippen molar-refractivity contribution in [3.63, 3.8) is 0 Å². The number of phenolic OH excluding ortho intramolecular Hbond substituents is 1. The molecular formula is C26H19N3O6S2. The van der Waals surface area contributed by atoms with E-state index < -0.39 is 23.0 Å². The Labute approximate surface area is 218 Å². The molecule has 3 amide bonds. The number of furan rings is 1. The van der Waals surface area contributed by atoms with Crippen LogP contribution in [0.4, 0.5) is 11.4 Å². The molecule has 6 rings (SSSR count). The maximum absolute atomic E-state index is 13.7. The predicted octanol–water partition coefficient (Wildman–Crippen LogP) is 3.64. The van der Waals surface area contributed by atoms with Gasteiger partial charge in [-0.3, -0.25) is 23.7 Å². The van der Waals surface area contributed by atoms with Crippen LogP contribution >= 0.6 is 23.1 Å². The molecule has 1 fully saturated rings. The standard InChI is InChI=1S/C26H19N3O6S2/c30-16-10-8-14(9-11-16)27-18(31)13-28-25-22(37-26(28)34)19(17-7-4-12-35-17)20-21(36-25)24(33)29(23(20)32)15-5-2-1-3-6-15/h1-12,19-21,30H,13H2,(H,27,31). The number of anilines is 2. The Hall–Kier alpha value is -4.09. The molecule has 0 saturated carbocycles. The molecule has 3 atom stereocenters. The number of imide groups is 1. The van der Waals surface area contributed by atoms with E-state index in [9.17, 15) is 24.3 Å². The van der Waals surface area contributed by atoms with E-state index in [1.54, 1.807) is 54.6 Å². The first-order valence-electron chi connectivity index (χ1n) is 11.4. The number of hydrogen-bond donors (Lipinski definition) is 2. The van der Waals surface area contributed by atoms with Crippen molar-refractivity contribution in [2.24, 2.45) is 5.92 Å². The van der Waals surface area contributed by atoms with E-state index in [1.807, 2.05) is 0 Å². The number of hydrogen-bond acceptors (Lipinski definition) is 8. The lowest BCUT2D eigenvalue weighted by atomic mass is 9.87. The number of para-hydroxylation sites is 1. The number of carbonyl (C=O) groups excluding carboxylic acids is 3. The van der Waals surface area contributed by atoms with E-state index in [2.05, 4.69) is 5.32 Å². The van der Waals surface area contributed by atoms with Crippen LogP contribution in [0.2, 0.25) is 0 Å². The van der Waals surface area contributed by atoms with Gasteiger partial charge in [0, 0.05) is 5.69 Å². The van der Waals surface area contributed by atoms with E-state index in [0.29, 0.717) is 27.0 Å². The van der Waals surface area contributed by atoms with E-state index in [0.717, 1.165) is 23.1 Å². The lowest BCUT2D eigenvalue weighted by Crippen LogP contribution is -2.32. The van der Waals surface area contributed by atoms with Crippen LogP contribution in [-0.4, -0.2) is 32.6 Å². The number of nitrogens with zero attached hydrogens (tertiary/aromatic N) is 2. The summed E-state index contributed by atoms with van der Waals surface area (Å²) in [6.45, 7) is -0.272. The molecule has 2 aliphatic heterocycles. The van der Waals surface area contributed by atoms with Crippen LogP contribution in [0, 0.1) is 5.92 Å².